The third-order valence-corrected chi connectivity index (χ3v) is 5.80. The number of hydrogen-bond acceptors (Lipinski definition) is 3. The molecule has 0 saturated carbocycles. The van der Waals surface area contributed by atoms with Crippen molar-refractivity contribution >= 4 is 16.9 Å². The Morgan fingerprint density at radius 3 is 2.23 bits per heavy atom. The SMILES string of the molecule is CC.CNS(=O)c1ccccc1.N[C@@H](CC(=O)N1CCCCC1)Cc1ccccc1F. The van der Waals surface area contributed by atoms with Gasteiger partial charge in [0.25, 0.3) is 0 Å². The molecule has 2 aromatic carbocycles. The second kappa shape index (κ2) is 15.7. The lowest BCUT2D eigenvalue weighted by atomic mass is 10.0. The summed E-state index contributed by atoms with van der Waals surface area (Å²) in [6, 6.07) is 15.6. The molecule has 1 saturated heterocycles. The number of hydrogen-bond donors (Lipinski definition) is 2. The average molecular weight is 450 g/mol. The first-order valence-electron chi connectivity index (χ1n) is 10.9. The van der Waals surface area contributed by atoms with Gasteiger partial charge in [-0.15, -0.1) is 0 Å². The smallest absolute Gasteiger partial charge is 0.224 e. The first-order valence-corrected chi connectivity index (χ1v) is 12.1. The van der Waals surface area contributed by atoms with Crippen molar-refractivity contribution < 1.29 is 13.4 Å². The molecule has 5 nitrogen and oxygen atoms in total. The molecule has 0 aromatic heterocycles. The van der Waals surface area contributed by atoms with E-state index in [-0.39, 0.29) is 17.8 Å². The van der Waals surface area contributed by atoms with Gasteiger partial charge in [-0.3, -0.25) is 4.79 Å². The standard InChI is InChI=1S/C15H21FN2O.C7H9NOS.C2H6/c16-14-7-3-2-6-12(14)10-13(17)11-15(19)18-8-4-1-5-9-18;1-8-10(9)7-5-3-2-4-6-7;1-2/h2-3,6-7,13H,1,4-5,8-11,17H2;2-6,8H,1H3;1-2H3/t13-;;/m1../s1. The van der Waals surface area contributed by atoms with Crippen LogP contribution in [0.3, 0.4) is 0 Å². The van der Waals surface area contributed by atoms with Crippen molar-refractivity contribution in [2.75, 3.05) is 20.1 Å². The minimum absolute atomic E-state index is 0.100. The lowest BCUT2D eigenvalue weighted by Gasteiger charge is -2.27. The summed E-state index contributed by atoms with van der Waals surface area (Å²) in [7, 11) is 0.629. The number of nitrogens with one attached hydrogen (secondary N) is 1. The van der Waals surface area contributed by atoms with Crippen LogP contribution in [0.1, 0.15) is 45.1 Å². The lowest BCUT2D eigenvalue weighted by Crippen LogP contribution is -2.39. The molecule has 1 fully saturated rings. The number of carbonyl (C=O) groups is 1. The fourth-order valence-corrected chi connectivity index (χ4v) is 3.82. The molecule has 1 aliphatic heterocycles. The molecule has 1 heterocycles. The van der Waals surface area contributed by atoms with E-state index in [0.29, 0.717) is 18.4 Å². The van der Waals surface area contributed by atoms with Crippen molar-refractivity contribution in [1.29, 1.82) is 0 Å². The Morgan fingerprint density at radius 1 is 1.06 bits per heavy atom. The van der Waals surface area contributed by atoms with Gasteiger partial charge in [-0.2, -0.15) is 0 Å². The topological polar surface area (TPSA) is 75.4 Å². The Hall–Kier alpha value is -2.09. The van der Waals surface area contributed by atoms with Crippen LogP contribution in [0.5, 0.6) is 0 Å². The Balaban J connectivity index is 0.000000337. The van der Waals surface area contributed by atoms with Gasteiger partial charge in [-0.25, -0.2) is 13.3 Å². The molecule has 0 bridgehead atoms. The van der Waals surface area contributed by atoms with Crippen molar-refractivity contribution in [3.8, 4) is 0 Å². The van der Waals surface area contributed by atoms with Gasteiger partial charge in [-0.05, 0) is 56.5 Å². The molecule has 3 rings (SSSR count). The number of halogens is 1. The zero-order valence-corrected chi connectivity index (χ0v) is 19.7. The van der Waals surface area contributed by atoms with Crippen LogP contribution in [0.2, 0.25) is 0 Å². The molecule has 2 aromatic rings. The first kappa shape index (κ1) is 26.9. The normalized spacial score (nSPS) is 14.9. The summed E-state index contributed by atoms with van der Waals surface area (Å²) in [5.41, 5.74) is 6.55. The van der Waals surface area contributed by atoms with Crippen molar-refractivity contribution in [2.45, 2.75) is 56.9 Å². The number of likely N-dealkylation sites (tertiary alicyclic amines) is 1. The van der Waals surface area contributed by atoms with Gasteiger partial charge in [0.2, 0.25) is 5.91 Å². The van der Waals surface area contributed by atoms with E-state index < -0.39 is 11.0 Å². The fourth-order valence-electron chi connectivity index (χ4n) is 3.18. The highest BCUT2D eigenvalue weighted by molar-refractivity contribution is 7.83. The van der Waals surface area contributed by atoms with Crippen LogP contribution in [0.15, 0.2) is 59.5 Å². The predicted molar refractivity (Wildman–Crippen MR) is 126 cm³/mol. The van der Waals surface area contributed by atoms with Crippen molar-refractivity contribution in [1.82, 2.24) is 9.62 Å². The Bertz CT molecular complexity index is 783. The molecule has 1 aliphatic rings. The maximum atomic E-state index is 13.5. The molecule has 172 valence electrons. The van der Waals surface area contributed by atoms with E-state index in [2.05, 4.69) is 4.72 Å². The zero-order valence-electron chi connectivity index (χ0n) is 18.9. The lowest BCUT2D eigenvalue weighted by molar-refractivity contribution is -0.132. The van der Waals surface area contributed by atoms with Gasteiger partial charge in [0.05, 0.1) is 4.90 Å². The molecule has 0 radical (unpaired) electrons. The van der Waals surface area contributed by atoms with E-state index in [1.165, 1.54) is 12.5 Å². The van der Waals surface area contributed by atoms with E-state index >= 15 is 0 Å². The van der Waals surface area contributed by atoms with Crippen LogP contribution in [0.25, 0.3) is 0 Å². The predicted octanol–water partition coefficient (Wildman–Crippen LogP) is 4.05. The molecule has 1 amide bonds. The highest BCUT2D eigenvalue weighted by Crippen LogP contribution is 2.13. The van der Waals surface area contributed by atoms with Crippen LogP contribution in [0.4, 0.5) is 4.39 Å². The molecule has 0 aliphatic carbocycles. The molecule has 0 spiro atoms. The summed E-state index contributed by atoms with van der Waals surface area (Å²) in [5, 5.41) is 0. The quantitative estimate of drug-likeness (QED) is 0.699. The second-order valence-corrected chi connectivity index (χ2v) is 8.40. The molecule has 1 unspecified atom stereocenters. The van der Waals surface area contributed by atoms with Gasteiger partial charge >= 0.3 is 0 Å². The summed E-state index contributed by atoms with van der Waals surface area (Å²) in [6.45, 7) is 5.68. The Morgan fingerprint density at radius 2 is 1.65 bits per heavy atom. The maximum absolute atomic E-state index is 13.5. The van der Waals surface area contributed by atoms with E-state index in [4.69, 9.17) is 5.73 Å². The number of piperidine rings is 1. The highest BCUT2D eigenvalue weighted by atomic mass is 32.2. The molecule has 3 N–H and O–H groups in total. The van der Waals surface area contributed by atoms with E-state index in [1.807, 2.05) is 49.1 Å². The minimum atomic E-state index is -1.04. The number of nitrogens with zero attached hydrogens (tertiary/aromatic N) is 1. The van der Waals surface area contributed by atoms with Gasteiger partial charge in [0.15, 0.2) is 0 Å². The van der Waals surface area contributed by atoms with E-state index in [9.17, 15) is 13.4 Å². The van der Waals surface area contributed by atoms with E-state index in [1.54, 1.807) is 25.2 Å². The van der Waals surface area contributed by atoms with Crippen molar-refractivity contribution in [3.05, 3.63) is 66.0 Å². The highest BCUT2D eigenvalue weighted by Gasteiger charge is 2.19. The number of rotatable bonds is 6. The summed E-state index contributed by atoms with van der Waals surface area (Å²) >= 11 is 0. The van der Waals surface area contributed by atoms with Crippen LogP contribution in [-0.2, 0) is 22.2 Å². The molecule has 31 heavy (non-hydrogen) atoms. The summed E-state index contributed by atoms with van der Waals surface area (Å²) < 4.78 is 27.2. The first-order chi connectivity index (χ1) is 15.0. The minimum Gasteiger partial charge on any atom is -0.343 e. The molecule has 7 heteroatoms. The Labute approximate surface area is 188 Å². The third-order valence-electron chi connectivity index (χ3n) is 4.73. The molecule has 2 atom stereocenters. The van der Waals surface area contributed by atoms with Gasteiger partial charge in [-0.1, -0.05) is 50.2 Å². The second-order valence-electron chi connectivity index (χ2n) is 6.99. The zero-order chi connectivity index (χ0) is 23.1. The number of amides is 1. The maximum Gasteiger partial charge on any atom is 0.224 e. The van der Waals surface area contributed by atoms with Crippen LogP contribution in [0, 0.1) is 5.82 Å². The molecular weight excluding hydrogens is 413 g/mol. The van der Waals surface area contributed by atoms with E-state index in [0.717, 1.165) is 30.8 Å². The van der Waals surface area contributed by atoms with Crippen molar-refractivity contribution in [3.63, 3.8) is 0 Å². The summed E-state index contributed by atoms with van der Waals surface area (Å²) in [6.07, 6.45) is 4.06. The van der Waals surface area contributed by atoms with Crippen LogP contribution in [-0.4, -0.2) is 41.2 Å². The van der Waals surface area contributed by atoms with Crippen molar-refractivity contribution in [2.24, 2.45) is 5.73 Å². The number of carbonyl (C=O) groups excluding carboxylic acids is 1. The van der Waals surface area contributed by atoms with Gasteiger partial charge < -0.3 is 10.6 Å². The van der Waals surface area contributed by atoms with Crippen LogP contribution >= 0.6 is 0 Å². The van der Waals surface area contributed by atoms with Crippen LogP contribution < -0.4 is 10.5 Å². The monoisotopic (exact) mass is 449 g/mol. The average Bonchev–Trinajstić information content (AvgIpc) is 2.83. The largest absolute Gasteiger partial charge is 0.343 e. The van der Waals surface area contributed by atoms with Gasteiger partial charge in [0, 0.05) is 25.6 Å². The summed E-state index contributed by atoms with van der Waals surface area (Å²) in [4.78, 5) is 14.7. The number of nitrogens with two attached hydrogens (primary N) is 1. The number of benzene rings is 2. The summed E-state index contributed by atoms with van der Waals surface area (Å²) in [5.74, 6) is -0.146. The third kappa shape index (κ3) is 10.2. The fraction of sp³-hybridized carbons (Fsp3) is 0.458. The Kier molecular flexibility index (Phi) is 13.6. The van der Waals surface area contributed by atoms with Gasteiger partial charge in [0.1, 0.15) is 16.8 Å². The molecular formula is C24H36FN3O2S.